The predicted molar refractivity (Wildman–Crippen MR) is 150 cm³/mol. The molecular weight excluding hydrogens is 587 g/mol. The van der Waals surface area contributed by atoms with E-state index in [0.717, 1.165) is 25.5 Å². The SMILES string of the molecule is CCOC(=O)C1=C(C)N=c2sc(=Cc3cccc(I)c3)c(=O)n2C1c1c(OC)ccc2ccccc12. The zero-order chi connectivity index (χ0) is 25.4. The maximum atomic E-state index is 13.9. The Morgan fingerprint density at radius 1 is 1.17 bits per heavy atom. The highest BCUT2D eigenvalue weighted by Gasteiger charge is 2.36. The van der Waals surface area contributed by atoms with Gasteiger partial charge in [0.15, 0.2) is 4.80 Å². The standard InChI is InChI=1S/C28H23IN2O4S/c1-4-35-27(33)23-16(2)30-28-31(26(32)22(36-28)15-17-8-7-10-19(29)14-17)25(23)24-20-11-6-5-9-18(20)12-13-21(24)34-3/h5-15,25H,4H2,1-3H3. The number of carbonyl (C=O) groups excluding carboxylic acids is 1. The van der Waals surface area contributed by atoms with Gasteiger partial charge in [-0.25, -0.2) is 9.79 Å². The van der Waals surface area contributed by atoms with Crippen molar-refractivity contribution in [1.29, 1.82) is 0 Å². The Kier molecular flexibility index (Phi) is 6.81. The quantitative estimate of drug-likeness (QED) is 0.246. The number of fused-ring (bicyclic) bond motifs is 2. The summed E-state index contributed by atoms with van der Waals surface area (Å²) in [5, 5.41) is 1.87. The summed E-state index contributed by atoms with van der Waals surface area (Å²) in [6.07, 6.45) is 1.87. The molecule has 1 unspecified atom stereocenters. The highest BCUT2D eigenvalue weighted by Crippen LogP contribution is 2.40. The van der Waals surface area contributed by atoms with Crippen molar-refractivity contribution >= 4 is 56.7 Å². The smallest absolute Gasteiger partial charge is 0.338 e. The van der Waals surface area contributed by atoms with E-state index >= 15 is 0 Å². The van der Waals surface area contributed by atoms with Crippen LogP contribution in [0.1, 0.15) is 31.0 Å². The Morgan fingerprint density at radius 2 is 1.97 bits per heavy atom. The van der Waals surface area contributed by atoms with E-state index in [0.29, 0.717) is 26.4 Å². The van der Waals surface area contributed by atoms with Crippen molar-refractivity contribution in [3.05, 3.63) is 106 Å². The Labute approximate surface area is 225 Å². The second-order valence-corrected chi connectivity index (χ2v) is 10.5. The average Bonchev–Trinajstić information content (AvgIpc) is 3.16. The maximum Gasteiger partial charge on any atom is 0.338 e. The summed E-state index contributed by atoms with van der Waals surface area (Å²) in [6.45, 7) is 3.76. The molecule has 4 aromatic rings. The molecule has 6 nitrogen and oxygen atoms in total. The van der Waals surface area contributed by atoms with Gasteiger partial charge in [0.1, 0.15) is 11.8 Å². The number of esters is 1. The summed E-state index contributed by atoms with van der Waals surface area (Å²) < 4.78 is 14.4. The summed E-state index contributed by atoms with van der Waals surface area (Å²) in [5.41, 5.74) is 2.30. The number of thiazole rings is 1. The summed E-state index contributed by atoms with van der Waals surface area (Å²) in [7, 11) is 1.59. The third-order valence-corrected chi connectivity index (χ3v) is 7.74. The van der Waals surface area contributed by atoms with Gasteiger partial charge in [0.05, 0.1) is 29.5 Å². The van der Waals surface area contributed by atoms with E-state index in [9.17, 15) is 9.59 Å². The van der Waals surface area contributed by atoms with Gasteiger partial charge in [0, 0.05) is 9.13 Å². The van der Waals surface area contributed by atoms with Gasteiger partial charge in [0.2, 0.25) is 0 Å². The average molecular weight is 610 g/mol. The van der Waals surface area contributed by atoms with Crippen LogP contribution in [-0.4, -0.2) is 24.3 Å². The first kappa shape index (κ1) is 24.5. The lowest BCUT2D eigenvalue weighted by Gasteiger charge is -2.27. The van der Waals surface area contributed by atoms with Gasteiger partial charge in [0.25, 0.3) is 5.56 Å². The van der Waals surface area contributed by atoms with Crippen molar-refractivity contribution in [3.8, 4) is 5.75 Å². The van der Waals surface area contributed by atoms with E-state index in [2.05, 4.69) is 27.6 Å². The minimum absolute atomic E-state index is 0.214. The van der Waals surface area contributed by atoms with Crippen molar-refractivity contribution in [1.82, 2.24) is 4.57 Å². The molecule has 2 heterocycles. The fourth-order valence-corrected chi connectivity index (χ4v) is 6.16. The zero-order valence-electron chi connectivity index (χ0n) is 19.9. The van der Waals surface area contributed by atoms with Crippen LogP contribution in [0.3, 0.4) is 0 Å². The molecule has 1 aliphatic rings. The van der Waals surface area contributed by atoms with Crippen LogP contribution in [0.25, 0.3) is 16.8 Å². The lowest BCUT2D eigenvalue weighted by Crippen LogP contribution is -2.40. The van der Waals surface area contributed by atoms with E-state index in [4.69, 9.17) is 9.47 Å². The molecule has 36 heavy (non-hydrogen) atoms. The second-order valence-electron chi connectivity index (χ2n) is 8.26. The number of halogens is 1. The normalized spacial score (nSPS) is 15.6. The van der Waals surface area contributed by atoms with Crippen molar-refractivity contribution in [2.75, 3.05) is 13.7 Å². The minimum Gasteiger partial charge on any atom is -0.496 e. The van der Waals surface area contributed by atoms with Crippen LogP contribution in [0, 0.1) is 3.57 Å². The van der Waals surface area contributed by atoms with Crippen molar-refractivity contribution < 1.29 is 14.3 Å². The third-order valence-electron chi connectivity index (χ3n) is 6.09. The molecular formula is C28H23IN2O4S. The summed E-state index contributed by atoms with van der Waals surface area (Å²) in [4.78, 5) is 32.4. The largest absolute Gasteiger partial charge is 0.496 e. The van der Waals surface area contributed by atoms with Gasteiger partial charge in [-0.3, -0.25) is 9.36 Å². The molecule has 0 amide bonds. The minimum atomic E-state index is -0.751. The Bertz CT molecular complexity index is 1720. The molecule has 0 bridgehead atoms. The molecule has 1 aliphatic heterocycles. The fourth-order valence-electron chi connectivity index (χ4n) is 4.55. The number of carbonyl (C=O) groups is 1. The molecule has 0 saturated heterocycles. The lowest BCUT2D eigenvalue weighted by atomic mass is 9.90. The number of rotatable bonds is 5. The molecule has 182 valence electrons. The first-order valence-electron chi connectivity index (χ1n) is 11.4. The first-order chi connectivity index (χ1) is 17.4. The van der Waals surface area contributed by atoms with E-state index < -0.39 is 12.0 Å². The Hall–Kier alpha value is -3.24. The van der Waals surface area contributed by atoms with Gasteiger partial charge in [-0.05, 0) is 77.0 Å². The van der Waals surface area contributed by atoms with Gasteiger partial charge in [-0.1, -0.05) is 53.8 Å². The fraction of sp³-hybridized carbons (Fsp3) is 0.179. The van der Waals surface area contributed by atoms with E-state index in [-0.39, 0.29) is 12.2 Å². The van der Waals surface area contributed by atoms with Crippen LogP contribution in [0.4, 0.5) is 0 Å². The highest BCUT2D eigenvalue weighted by molar-refractivity contribution is 14.1. The molecule has 8 heteroatoms. The molecule has 3 aromatic carbocycles. The van der Waals surface area contributed by atoms with Crippen LogP contribution in [0.5, 0.6) is 5.75 Å². The lowest BCUT2D eigenvalue weighted by molar-refractivity contribution is -0.139. The number of hydrogen-bond donors (Lipinski definition) is 0. The van der Waals surface area contributed by atoms with Crippen LogP contribution < -0.4 is 19.6 Å². The maximum absolute atomic E-state index is 13.9. The molecule has 5 rings (SSSR count). The van der Waals surface area contributed by atoms with Crippen LogP contribution in [0.15, 0.2) is 81.7 Å². The molecule has 0 radical (unpaired) electrons. The zero-order valence-corrected chi connectivity index (χ0v) is 22.9. The van der Waals surface area contributed by atoms with Crippen LogP contribution in [0.2, 0.25) is 0 Å². The van der Waals surface area contributed by atoms with Crippen molar-refractivity contribution in [2.45, 2.75) is 19.9 Å². The highest BCUT2D eigenvalue weighted by atomic mass is 127. The first-order valence-corrected chi connectivity index (χ1v) is 13.3. The second kappa shape index (κ2) is 10.0. The van der Waals surface area contributed by atoms with Crippen LogP contribution >= 0.6 is 33.9 Å². The van der Waals surface area contributed by atoms with Gasteiger partial charge >= 0.3 is 5.97 Å². The monoisotopic (exact) mass is 610 g/mol. The molecule has 0 fully saturated rings. The molecule has 1 atom stereocenters. The number of benzene rings is 3. The van der Waals surface area contributed by atoms with E-state index in [1.165, 1.54) is 11.3 Å². The summed E-state index contributed by atoms with van der Waals surface area (Å²) in [5.74, 6) is 0.0908. The number of allylic oxidation sites excluding steroid dienone is 1. The number of ether oxygens (including phenoxy) is 2. The number of hydrogen-bond acceptors (Lipinski definition) is 6. The van der Waals surface area contributed by atoms with Gasteiger partial charge in [-0.15, -0.1) is 0 Å². The predicted octanol–water partition coefficient (Wildman–Crippen LogP) is 4.56. The number of aromatic nitrogens is 1. The Balaban J connectivity index is 1.86. The van der Waals surface area contributed by atoms with Gasteiger partial charge in [-0.2, -0.15) is 0 Å². The molecule has 0 N–H and O–H groups in total. The summed E-state index contributed by atoms with van der Waals surface area (Å²) >= 11 is 3.56. The van der Waals surface area contributed by atoms with Crippen LogP contribution in [-0.2, 0) is 9.53 Å². The number of nitrogens with zero attached hydrogens (tertiary/aromatic N) is 2. The summed E-state index contributed by atoms with van der Waals surface area (Å²) in [6, 6.07) is 18.9. The van der Waals surface area contributed by atoms with Crippen molar-refractivity contribution in [3.63, 3.8) is 0 Å². The number of methoxy groups -OCH3 is 1. The van der Waals surface area contributed by atoms with E-state index in [1.54, 1.807) is 25.5 Å². The third kappa shape index (κ3) is 4.28. The van der Waals surface area contributed by atoms with Crippen molar-refractivity contribution in [2.24, 2.45) is 4.99 Å². The molecule has 0 spiro atoms. The Morgan fingerprint density at radius 3 is 2.72 bits per heavy atom. The van der Waals surface area contributed by atoms with Gasteiger partial charge < -0.3 is 9.47 Å². The topological polar surface area (TPSA) is 69.9 Å². The molecule has 0 saturated carbocycles. The molecule has 0 aliphatic carbocycles. The molecule has 1 aromatic heterocycles. The van der Waals surface area contributed by atoms with E-state index in [1.807, 2.05) is 66.7 Å².